The van der Waals surface area contributed by atoms with E-state index in [1.165, 1.54) is 0 Å². The van der Waals surface area contributed by atoms with Crippen molar-refractivity contribution in [2.75, 3.05) is 11.9 Å². The highest BCUT2D eigenvalue weighted by Crippen LogP contribution is 2.22. The van der Waals surface area contributed by atoms with E-state index in [4.69, 9.17) is 5.73 Å². The van der Waals surface area contributed by atoms with E-state index in [0.29, 0.717) is 13.0 Å². The normalized spacial score (nSPS) is 10.3. The molecule has 82 valence electrons. The van der Waals surface area contributed by atoms with Crippen molar-refractivity contribution in [3.8, 4) is 0 Å². The molecule has 0 aromatic heterocycles. The van der Waals surface area contributed by atoms with Crippen LogP contribution in [-0.2, 0) is 4.79 Å². The summed E-state index contributed by atoms with van der Waals surface area (Å²) in [4.78, 5) is 11.5. The number of nitrogens with two attached hydrogens (primary N) is 1. The lowest BCUT2D eigenvalue weighted by Crippen LogP contribution is -2.16. The van der Waals surface area contributed by atoms with Gasteiger partial charge in [-0.05, 0) is 11.5 Å². The van der Waals surface area contributed by atoms with Gasteiger partial charge in [-0.25, -0.2) is 0 Å². The van der Waals surface area contributed by atoms with Crippen LogP contribution in [0, 0.1) is 0 Å². The smallest absolute Gasteiger partial charge is 0.225 e. The first-order chi connectivity index (χ1) is 7.81. The minimum Gasteiger partial charge on any atom is -0.330 e. The van der Waals surface area contributed by atoms with Crippen molar-refractivity contribution in [3.63, 3.8) is 0 Å². The number of anilines is 1. The third-order valence-corrected chi connectivity index (χ3v) is 2.44. The Bertz CT molecular complexity index is 503. The van der Waals surface area contributed by atoms with Crippen molar-refractivity contribution in [1.29, 1.82) is 0 Å². The highest BCUT2D eigenvalue weighted by Gasteiger charge is 2.03. The number of nitrogens with one attached hydrogen (secondary N) is 1. The first kappa shape index (κ1) is 10.6. The third kappa shape index (κ3) is 2.20. The molecular formula is C13H14N2O. The molecule has 2 aromatic rings. The Morgan fingerprint density at radius 3 is 2.69 bits per heavy atom. The largest absolute Gasteiger partial charge is 0.330 e. The number of fused-ring (bicyclic) bond motifs is 1. The van der Waals surface area contributed by atoms with Gasteiger partial charge in [-0.2, -0.15) is 0 Å². The molecule has 0 saturated heterocycles. The molecule has 3 heteroatoms. The van der Waals surface area contributed by atoms with Crippen LogP contribution in [0.1, 0.15) is 6.42 Å². The summed E-state index contributed by atoms with van der Waals surface area (Å²) in [6.45, 7) is 0.372. The molecule has 2 aromatic carbocycles. The van der Waals surface area contributed by atoms with Crippen molar-refractivity contribution < 1.29 is 4.79 Å². The molecule has 0 heterocycles. The Labute approximate surface area is 94.3 Å². The number of amides is 1. The molecule has 0 radical (unpaired) electrons. The van der Waals surface area contributed by atoms with E-state index < -0.39 is 0 Å². The average molecular weight is 214 g/mol. The van der Waals surface area contributed by atoms with Gasteiger partial charge in [0.15, 0.2) is 0 Å². The SMILES string of the molecule is NCCC(=O)Nc1cccc2ccccc12. The number of rotatable bonds is 3. The second-order valence-corrected chi connectivity index (χ2v) is 3.61. The Morgan fingerprint density at radius 1 is 1.12 bits per heavy atom. The van der Waals surface area contributed by atoms with Crippen LogP contribution in [-0.4, -0.2) is 12.5 Å². The Kier molecular flexibility index (Phi) is 3.17. The van der Waals surface area contributed by atoms with Gasteiger partial charge < -0.3 is 11.1 Å². The molecular weight excluding hydrogens is 200 g/mol. The van der Waals surface area contributed by atoms with Gasteiger partial charge in [-0.15, -0.1) is 0 Å². The summed E-state index contributed by atoms with van der Waals surface area (Å²) in [5.41, 5.74) is 6.18. The van der Waals surface area contributed by atoms with Gasteiger partial charge >= 0.3 is 0 Å². The van der Waals surface area contributed by atoms with E-state index in [1.807, 2.05) is 42.5 Å². The van der Waals surface area contributed by atoms with Crippen LogP contribution >= 0.6 is 0 Å². The van der Waals surface area contributed by atoms with Crippen LogP contribution in [0.15, 0.2) is 42.5 Å². The molecule has 3 nitrogen and oxygen atoms in total. The molecule has 0 aliphatic carbocycles. The molecule has 1 amide bonds. The maximum absolute atomic E-state index is 11.5. The molecule has 2 rings (SSSR count). The number of hydrogen-bond acceptors (Lipinski definition) is 2. The third-order valence-electron chi connectivity index (χ3n) is 2.44. The molecule has 0 unspecified atom stereocenters. The lowest BCUT2D eigenvalue weighted by molar-refractivity contribution is -0.116. The molecule has 0 spiro atoms. The zero-order valence-corrected chi connectivity index (χ0v) is 8.94. The van der Waals surface area contributed by atoms with Crippen molar-refractivity contribution in [1.82, 2.24) is 0 Å². The quantitative estimate of drug-likeness (QED) is 0.822. The van der Waals surface area contributed by atoms with E-state index >= 15 is 0 Å². The Morgan fingerprint density at radius 2 is 1.88 bits per heavy atom. The zero-order valence-electron chi connectivity index (χ0n) is 8.94. The zero-order chi connectivity index (χ0) is 11.4. The molecule has 0 saturated carbocycles. The van der Waals surface area contributed by atoms with Gasteiger partial charge in [0, 0.05) is 24.0 Å². The number of hydrogen-bond donors (Lipinski definition) is 2. The fourth-order valence-corrected chi connectivity index (χ4v) is 1.68. The van der Waals surface area contributed by atoms with Crippen LogP contribution in [0.25, 0.3) is 10.8 Å². The molecule has 0 bridgehead atoms. The van der Waals surface area contributed by atoms with Gasteiger partial charge in [0.25, 0.3) is 0 Å². The molecule has 0 aliphatic rings. The lowest BCUT2D eigenvalue weighted by Gasteiger charge is -2.07. The van der Waals surface area contributed by atoms with Crippen molar-refractivity contribution in [2.24, 2.45) is 5.73 Å². The number of benzene rings is 2. The van der Waals surface area contributed by atoms with Crippen LogP contribution < -0.4 is 11.1 Å². The predicted molar refractivity (Wildman–Crippen MR) is 66.2 cm³/mol. The van der Waals surface area contributed by atoms with Gasteiger partial charge in [0.2, 0.25) is 5.91 Å². The standard InChI is InChI=1S/C13H14N2O/c14-9-8-13(16)15-12-7-3-5-10-4-1-2-6-11(10)12/h1-7H,8-9,14H2,(H,15,16). The topological polar surface area (TPSA) is 55.1 Å². The van der Waals surface area contributed by atoms with Gasteiger partial charge in [0.05, 0.1) is 0 Å². The van der Waals surface area contributed by atoms with E-state index in [0.717, 1.165) is 16.5 Å². The van der Waals surface area contributed by atoms with E-state index in [-0.39, 0.29) is 5.91 Å². The second kappa shape index (κ2) is 4.77. The summed E-state index contributed by atoms with van der Waals surface area (Å²) >= 11 is 0. The van der Waals surface area contributed by atoms with Crippen molar-refractivity contribution >= 4 is 22.4 Å². The van der Waals surface area contributed by atoms with E-state index in [9.17, 15) is 4.79 Å². The van der Waals surface area contributed by atoms with Crippen LogP contribution in [0.4, 0.5) is 5.69 Å². The molecule has 16 heavy (non-hydrogen) atoms. The number of carbonyl (C=O) groups excluding carboxylic acids is 1. The summed E-state index contributed by atoms with van der Waals surface area (Å²) in [5, 5.41) is 5.04. The maximum Gasteiger partial charge on any atom is 0.225 e. The Balaban J connectivity index is 2.33. The molecule has 0 atom stereocenters. The highest BCUT2D eigenvalue weighted by molar-refractivity contribution is 6.02. The van der Waals surface area contributed by atoms with E-state index in [2.05, 4.69) is 5.32 Å². The lowest BCUT2D eigenvalue weighted by atomic mass is 10.1. The monoisotopic (exact) mass is 214 g/mol. The van der Waals surface area contributed by atoms with Crippen molar-refractivity contribution in [3.05, 3.63) is 42.5 Å². The first-order valence-electron chi connectivity index (χ1n) is 5.29. The fraction of sp³-hybridized carbons (Fsp3) is 0.154. The van der Waals surface area contributed by atoms with Crippen molar-refractivity contribution in [2.45, 2.75) is 6.42 Å². The van der Waals surface area contributed by atoms with E-state index in [1.54, 1.807) is 0 Å². The van der Waals surface area contributed by atoms with Crippen LogP contribution in [0.5, 0.6) is 0 Å². The summed E-state index contributed by atoms with van der Waals surface area (Å²) in [6, 6.07) is 13.8. The molecule has 0 aliphatic heterocycles. The predicted octanol–water partition coefficient (Wildman–Crippen LogP) is 2.13. The van der Waals surface area contributed by atoms with Gasteiger partial charge in [0.1, 0.15) is 0 Å². The maximum atomic E-state index is 11.5. The number of carbonyl (C=O) groups is 1. The molecule has 0 fully saturated rings. The van der Waals surface area contributed by atoms with Gasteiger partial charge in [-0.1, -0.05) is 36.4 Å². The molecule has 3 N–H and O–H groups in total. The summed E-state index contributed by atoms with van der Waals surface area (Å²) in [6.07, 6.45) is 0.350. The minimum atomic E-state index is -0.0427. The first-order valence-corrected chi connectivity index (χ1v) is 5.29. The average Bonchev–Trinajstić information content (AvgIpc) is 2.30. The van der Waals surface area contributed by atoms with Crippen LogP contribution in [0.2, 0.25) is 0 Å². The second-order valence-electron chi connectivity index (χ2n) is 3.61. The summed E-state index contributed by atoms with van der Waals surface area (Å²) < 4.78 is 0. The summed E-state index contributed by atoms with van der Waals surface area (Å²) in [7, 11) is 0. The fourth-order valence-electron chi connectivity index (χ4n) is 1.68. The Hall–Kier alpha value is -1.87. The van der Waals surface area contributed by atoms with Gasteiger partial charge in [-0.3, -0.25) is 4.79 Å². The summed E-state index contributed by atoms with van der Waals surface area (Å²) in [5.74, 6) is -0.0427. The highest BCUT2D eigenvalue weighted by atomic mass is 16.1. The minimum absolute atomic E-state index is 0.0427. The van der Waals surface area contributed by atoms with Crippen LogP contribution in [0.3, 0.4) is 0 Å².